The molecule has 1 fully saturated rings. The first kappa shape index (κ1) is 20.3. The molecular formula is C20H27FN4O3. The van der Waals surface area contributed by atoms with Crippen molar-refractivity contribution in [1.82, 2.24) is 15.2 Å². The number of benzene rings is 1. The number of nitrogens with zero attached hydrogens (tertiary/aromatic N) is 3. The normalized spacial score (nSPS) is 15.6. The van der Waals surface area contributed by atoms with Crippen molar-refractivity contribution < 1.29 is 18.7 Å². The largest absolute Gasteiger partial charge is 0.447 e. The van der Waals surface area contributed by atoms with E-state index in [9.17, 15) is 14.3 Å². The second-order valence-corrected chi connectivity index (χ2v) is 7.85. The van der Waals surface area contributed by atoms with E-state index in [1.54, 1.807) is 12.1 Å². The quantitative estimate of drug-likeness (QED) is 0.751. The Labute approximate surface area is 164 Å². The third-order valence-corrected chi connectivity index (χ3v) is 4.86. The number of piperazine rings is 1. The summed E-state index contributed by atoms with van der Waals surface area (Å²) in [4.78, 5) is 20.6. The van der Waals surface area contributed by atoms with Gasteiger partial charge in [-0.05, 0) is 12.1 Å². The van der Waals surface area contributed by atoms with E-state index in [0.29, 0.717) is 37.8 Å². The minimum Gasteiger partial charge on any atom is -0.447 e. The monoisotopic (exact) mass is 390 g/mol. The molecule has 2 heterocycles. The molecule has 1 aromatic carbocycles. The lowest BCUT2D eigenvalue weighted by molar-refractivity contribution is 0.0906. The Morgan fingerprint density at radius 2 is 2.00 bits per heavy atom. The third kappa shape index (κ3) is 5.08. The van der Waals surface area contributed by atoms with Crippen LogP contribution in [-0.4, -0.2) is 60.2 Å². The van der Waals surface area contributed by atoms with Gasteiger partial charge in [-0.2, -0.15) is 0 Å². The molecule has 2 aromatic rings. The number of para-hydroxylation sites is 1. The van der Waals surface area contributed by atoms with Crippen LogP contribution >= 0.6 is 0 Å². The highest BCUT2D eigenvalue weighted by Gasteiger charge is 2.22. The van der Waals surface area contributed by atoms with Gasteiger partial charge < -0.3 is 19.7 Å². The van der Waals surface area contributed by atoms with Gasteiger partial charge >= 0.3 is 0 Å². The maximum absolute atomic E-state index is 13.9. The first-order chi connectivity index (χ1) is 13.4. The molecule has 0 radical (unpaired) electrons. The molecule has 0 atom stereocenters. The van der Waals surface area contributed by atoms with Crippen molar-refractivity contribution in [2.75, 3.05) is 44.2 Å². The molecular weight excluding hydrogens is 363 g/mol. The maximum atomic E-state index is 13.9. The zero-order valence-electron chi connectivity index (χ0n) is 16.3. The summed E-state index contributed by atoms with van der Waals surface area (Å²) in [6, 6.07) is 6.80. The van der Waals surface area contributed by atoms with Gasteiger partial charge in [-0.3, -0.25) is 9.69 Å². The second kappa shape index (κ2) is 8.70. The van der Waals surface area contributed by atoms with Gasteiger partial charge in [-0.1, -0.05) is 26.0 Å². The molecule has 1 saturated heterocycles. The predicted molar refractivity (Wildman–Crippen MR) is 104 cm³/mol. The first-order valence-corrected chi connectivity index (χ1v) is 9.43. The Hall–Kier alpha value is -2.45. The maximum Gasteiger partial charge on any atom is 0.273 e. The van der Waals surface area contributed by atoms with Crippen LogP contribution in [0.25, 0.3) is 0 Å². The summed E-state index contributed by atoms with van der Waals surface area (Å²) in [6.07, 6.45) is 1.35. The number of oxazole rings is 1. The molecule has 1 aliphatic heterocycles. The zero-order valence-corrected chi connectivity index (χ0v) is 16.3. The molecule has 0 aliphatic carbocycles. The Morgan fingerprint density at radius 3 is 2.68 bits per heavy atom. The number of hydrogen-bond donors (Lipinski definition) is 2. The summed E-state index contributed by atoms with van der Waals surface area (Å²) in [5.41, 5.74) is 0.469. The van der Waals surface area contributed by atoms with Crippen LogP contribution in [0, 0.1) is 11.2 Å². The standard InChI is InChI=1S/C20H27FN4O3/c1-20(2,14-26)13-22-19(27)16-12-28-18(23-16)11-24-7-9-25(10-8-24)17-6-4-3-5-15(17)21/h3-6,12,26H,7-11,13-14H2,1-2H3,(H,22,27). The Kier molecular flexibility index (Phi) is 6.31. The van der Waals surface area contributed by atoms with Crippen molar-refractivity contribution in [3.05, 3.63) is 47.9 Å². The molecule has 1 amide bonds. The molecule has 0 spiro atoms. The number of carbonyl (C=O) groups excluding carboxylic acids is 1. The summed E-state index contributed by atoms with van der Waals surface area (Å²) >= 11 is 0. The van der Waals surface area contributed by atoms with Gasteiger partial charge in [0.25, 0.3) is 5.91 Å². The van der Waals surface area contributed by atoms with Gasteiger partial charge in [0.2, 0.25) is 5.89 Å². The Morgan fingerprint density at radius 1 is 1.29 bits per heavy atom. The van der Waals surface area contributed by atoms with E-state index in [0.717, 1.165) is 13.1 Å². The van der Waals surface area contributed by atoms with Gasteiger partial charge in [-0.25, -0.2) is 9.37 Å². The topological polar surface area (TPSA) is 81.8 Å². The van der Waals surface area contributed by atoms with Crippen molar-refractivity contribution in [2.45, 2.75) is 20.4 Å². The third-order valence-electron chi connectivity index (χ3n) is 4.86. The lowest BCUT2D eigenvalue weighted by Gasteiger charge is -2.35. The van der Waals surface area contributed by atoms with E-state index in [1.165, 1.54) is 12.3 Å². The number of hydrogen-bond acceptors (Lipinski definition) is 6. The smallest absolute Gasteiger partial charge is 0.273 e. The number of halogens is 1. The van der Waals surface area contributed by atoms with Crippen molar-refractivity contribution in [1.29, 1.82) is 0 Å². The summed E-state index contributed by atoms with van der Waals surface area (Å²) < 4.78 is 19.4. The lowest BCUT2D eigenvalue weighted by atomic mass is 9.95. The van der Waals surface area contributed by atoms with Crippen LogP contribution in [-0.2, 0) is 6.54 Å². The molecule has 0 unspecified atom stereocenters. The van der Waals surface area contributed by atoms with Crippen LogP contribution < -0.4 is 10.2 Å². The fraction of sp³-hybridized carbons (Fsp3) is 0.500. The average molecular weight is 390 g/mol. The summed E-state index contributed by atoms with van der Waals surface area (Å²) in [7, 11) is 0. The van der Waals surface area contributed by atoms with Crippen LogP contribution in [0.3, 0.4) is 0 Å². The second-order valence-electron chi connectivity index (χ2n) is 7.85. The van der Waals surface area contributed by atoms with Crippen LogP contribution in [0.15, 0.2) is 34.9 Å². The van der Waals surface area contributed by atoms with Crippen molar-refractivity contribution >= 4 is 11.6 Å². The molecule has 3 rings (SSSR count). The number of anilines is 1. The Balaban J connectivity index is 1.50. The van der Waals surface area contributed by atoms with E-state index >= 15 is 0 Å². The average Bonchev–Trinajstić information content (AvgIpc) is 3.16. The van der Waals surface area contributed by atoms with Crippen molar-refractivity contribution in [3.8, 4) is 0 Å². The molecule has 2 N–H and O–H groups in total. The van der Waals surface area contributed by atoms with Crippen LogP contribution in [0.2, 0.25) is 0 Å². The number of aromatic nitrogens is 1. The predicted octanol–water partition coefficient (Wildman–Crippen LogP) is 1.88. The van der Waals surface area contributed by atoms with E-state index in [1.807, 2.05) is 24.8 Å². The molecule has 28 heavy (non-hydrogen) atoms. The molecule has 8 heteroatoms. The van der Waals surface area contributed by atoms with E-state index in [4.69, 9.17) is 4.42 Å². The van der Waals surface area contributed by atoms with Gasteiger partial charge in [0.15, 0.2) is 5.69 Å². The molecule has 1 aliphatic rings. The summed E-state index contributed by atoms with van der Waals surface area (Å²) in [6.45, 7) is 7.49. The number of amides is 1. The van der Waals surface area contributed by atoms with Crippen LogP contribution in [0.1, 0.15) is 30.2 Å². The fourth-order valence-electron chi connectivity index (χ4n) is 3.00. The highest BCUT2D eigenvalue weighted by Crippen LogP contribution is 2.20. The van der Waals surface area contributed by atoms with Crippen LogP contribution in [0.5, 0.6) is 0 Å². The number of aliphatic hydroxyl groups is 1. The minimum atomic E-state index is -0.389. The highest BCUT2D eigenvalue weighted by atomic mass is 19.1. The molecule has 1 aromatic heterocycles. The van der Waals surface area contributed by atoms with Gasteiger partial charge in [0.1, 0.15) is 12.1 Å². The number of rotatable bonds is 7. The van der Waals surface area contributed by atoms with Crippen molar-refractivity contribution in [3.63, 3.8) is 0 Å². The van der Waals surface area contributed by atoms with Gasteiger partial charge in [-0.15, -0.1) is 0 Å². The molecule has 0 bridgehead atoms. The minimum absolute atomic E-state index is 0.0177. The van der Waals surface area contributed by atoms with E-state index < -0.39 is 0 Å². The van der Waals surface area contributed by atoms with Gasteiger partial charge in [0.05, 0.1) is 12.2 Å². The summed E-state index contributed by atoms with van der Waals surface area (Å²) in [5.74, 6) is -0.0458. The SMILES string of the molecule is CC(C)(CO)CNC(=O)c1coc(CN2CCN(c3ccccc3F)CC2)n1. The first-order valence-electron chi connectivity index (χ1n) is 9.43. The molecule has 152 valence electrons. The molecule has 0 saturated carbocycles. The highest BCUT2D eigenvalue weighted by molar-refractivity contribution is 5.91. The number of carbonyl (C=O) groups is 1. The van der Waals surface area contributed by atoms with E-state index in [-0.39, 0.29) is 29.4 Å². The number of aliphatic hydroxyl groups excluding tert-OH is 1. The van der Waals surface area contributed by atoms with E-state index in [2.05, 4.69) is 15.2 Å². The van der Waals surface area contributed by atoms with Gasteiger partial charge in [0, 0.05) is 44.7 Å². The Bertz CT molecular complexity index is 800. The van der Waals surface area contributed by atoms with Crippen LogP contribution in [0.4, 0.5) is 10.1 Å². The molecule has 7 nitrogen and oxygen atoms in total. The van der Waals surface area contributed by atoms with Crippen molar-refractivity contribution in [2.24, 2.45) is 5.41 Å². The fourth-order valence-corrected chi connectivity index (χ4v) is 3.00. The lowest BCUT2D eigenvalue weighted by Crippen LogP contribution is -2.46. The number of nitrogens with one attached hydrogen (secondary N) is 1. The zero-order chi connectivity index (χ0) is 20.1. The summed E-state index contributed by atoms with van der Waals surface area (Å²) in [5, 5.41) is 12.0.